The van der Waals surface area contributed by atoms with Crippen molar-refractivity contribution in [3.8, 4) is 22.3 Å². The average molecular weight is 607 g/mol. The fourth-order valence-corrected chi connectivity index (χ4v) is 7.57. The summed E-state index contributed by atoms with van der Waals surface area (Å²) in [5, 5.41) is 4.65. The van der Waals surface area contributed by atoms with Gasteiger partial charge in [-0.2, -0.15) is 26.3 Å². The molecule has 0 radical (unpaired) electrons. The van der Waals surface area contributed by atoms with Gasteiger partial charge < -0.3 is 0 Å². The van der Waals surface area contributed by atoms with Gasteiger partial charge in [-0.3, -0.25) is 4.79 Å². The van der Waals surface area contributed by atoms with E-state index >= 15 is 0 Å². The highest BCUT2D eigenvalue weighted by molar-refractivity contribution is 7.35. The van der Waals surface area contributed by atoms with Crippen LogP contribution >= 0.6 is 22.7 Å². The van der Waals surface area contributed by atoms with Crippen molar-refractivity contribution < 1.29 is 26.3 Å². The standard InChI is InChI=1S/C33H16F6OS2/c34-32(35,36)21-9-5-17(6-10-21)29-23-3-1-2-4-24(23)30(18-7-11-22(12-8-18)33(37,38)39)26-14-20-16-28-27(41-31(40)42-28)15-19(20)13-25(26)29/h1-16H. The molecule has 6 aromatic carbocycles. The molecule has 1 nitrogen and oxygen atoms in total. The normalized spacial score (nSPS) is 12.6. The van der Waals surface area contributed by atoms with Crippen LogP contribution in [0.4, 0.5) is 26.3 Å². The summed E-state index contributed by atoms with van der Waals surface area (Å²) in [6, 6.07) is 25.1. The van der Waals surface area contributed by atoms with Crippen molar-refractivity contribution in [2.24, 2.45) is 0 Å². The average Bonchev–Trinajstić information content (AvgIpc) is 3.31. The van der Waals surface area contributed by atoms with Crippen LogP contribution in [0.15, 0.2) is 102 Å². The fraction of sp³-hybridized carbons (Fsp3) is 0.0606. The summed E-state index contributed by atoms with van der Waals surface area (Å²) in [6.45, 7) is 0. The Kier molecular flexibility index (Phi) is 5.97. The second kappa shape index (κ2) is 9.40. The van der Waals surface area contributed by atoms with Crippen molar-refractivity contribution in [1.82, 2.24) is 0 Å². The maximum absolute atomic E-state index is 13.4. The Bertz CT molecular complexity index is 2070. The lowest BCUT2D eigenvalue weighted by Crippen LogP contribution is -2.04. The first-order valence-corrected chi connectivity index (χ1v) is 14.3. The van der Waals surface area contributed by atoms with Gasteiger partial charge in [0.2, 0.25) is 0 Å². The summed E-state index contributed by atoms with van der Waals surface area (Å²) in [4.78, 5) is 12.1. The van der Waals surface area contributed by atoms with E-state index < -0.39 is 23.5 Å². The first kappa shape index (κ1) is 26.7. The van der Waals surface area contributed by atoms with Gasteiger partial charge >= 0.3 is 12.4 Å². The Balaban J connectivity index is 1.61. The lowest BCUT2D eigenvalue weighted by molar-refractivity contribution is -0.138. The van der Waals surface area contributed by atoms with Gasteiger partial charge in [-0.1, -0.05) is 71.2 Å². The highest BCUT2D eigenvalue weighted by Gasteiger charge is 2.31. The first-order valence-electron chi connectivity index (χ1n) is 12.7. The van der Waals surface area contributed by atoms with Gasteiger partial charge in [0.15, 0.2) is 0 Å². The SMILES string of the molecule is O=c1sc2cc3cc4c(-c5ccc(C(F)(F)F)cc5)c5ccccc5c(-c5ccc(C(F)(F)F)cc5)c4cc3cc2s1. The predicted octanol–water partition coefficient (Wildman–Crippen LogP) is 11.2. The van der Waals surface area contributed by atoms with Gasteiger partial charge in [-0.05, 0) is 103 Å². The molecule has 7 rings (SSSR count). The number of halogens is 6. The molecule has 0 spiro atoms. The first-order chi connectivity index (χ1) is 20.0. The third kappa shape index (κ3) is 4.44. The number of alkyl halides is 6. The molecule has 7 aromatic rings. The molecule has 0 amide bonds. The number of rotatable bonds is 2. The maximum atomic E-state index is 13.4. The Morgan fingerprint density at radius 1 is 0.476 bits per heavy atom. The van der Waals surface area contributed by atoms with Gasteiger partial charge in [0.05, 0.1) is 11.1 Å². The van der Waals surface area contributed by atoms with Gasteiger partial charge in [-0.25, -0.2) is 0 Å². The van der Waals surface area contributed by atoms with Crippen LogP contribution in [-0.4, -0.2) is 0 Å². The lowest BCUT2D eigenvalue weighted by atomic mass is 9.84. The highest BCUT2D eigenvalue weighted by atomic mass is 32.2. The number of benzene rings is 6. The molecule has 0 atom stereocenters. The summed E-state index contributed by atoms with van der Waals surface area (Å²) in [5.41, 5.74) is 1.05. The molecule has 0 saturated carbocycles. The third-order valence-electron chi connectivity index (χ3n) is 7.43. The number of hydrogen-bond acceptors (Lipinski definition) is 3. The predicted molar refractivity (Wildman–Crippen MR) is 159 cm³/mol. The topological polar surface area (TPSA) is 17.1 Å². The highest BCUT2D eigenvalue weighted by Crippen LogP contribution is 2.46. The van der Waals surface area contributed by atoms with E-state index in [-0.39, 0.29) is 4.06 Å². The summed E-state index contributed by atoms with van der Waals surface area (Å²) >= 11 is 2.29. The van der Waals surface area contributed by atoms with Crippen LogP contribution in [-0.2, 0) is 12.4 Å². The van der Waals surface area contributed by atoms with E-state index in [1.165, 1.54) is 24.3 Å². The summed E-state index contributed by atoms with van der Waals surface area (Å²) in [7, 11) is 0. The van der Waals surface area contributed by atoms with Gasteiger partial charge in [0.25, 0.3) is 4.06 Å². The smallest absolute Gasteiger partial charge is 0.265 e. The lowest BCUT2D eigenvalue weighted by Gasteiger charge is -2.19. The van der Waals surface area contributed by atoms with Gasteiger partial charge in [-0.15, -0.1) is 0 Å². The number of hydrogen-bond donors (Lipinski definition) is 0. The van der Waals surface area contributed by atoms with E-state index in [2.05, 4.69) is 0 Å². The Labute approximate surface area is 241 Å². The Hall–Kier alpha value is -4.21. The van der Waals surface area contributed by atoms with Crippen LogP contribution in [0.2, 0.25) is 0 Å². The molecule has 0 bridgehead atoms. The summed E-state index contributed by atoms with van der Waals surface area (Å²) in [6.07, 6.45) is -8.97. The molecule has 1 heterocycles. The van der Waals surface area contributed by atoms with Crippen LogP contribution in [0.1, 0.15) is 11.1 Å². The van der Waals surface area contributed by atoms with Crippen molar-refractivity contribution in [3.63, 3.8) is 0 Å². The zero-order valence-corrected chi connectivity index (χ0v) is 22.9. The molecule has 0 aliphatic carbocycles. The monoisotopic (exact) mass is 606 g/mol. The molecular weight excluding hydrogens is 590 g/mol. The van der Waals surface area contributed by atoms with Crippen LogP contribution in [0.5, 0.6) is 0 Å². The maximum Gasteiger partial charge on any atom is 0.416 e. The zero-order chi connectivity index (χ0) is 29.4. The summed E-state index contributed by atoms with van der Waals surface area (Å²) in [5.74, 6) is 0. The molecule has 0 saturated heterocycles. The van der Waals surface area contributed by atoms with Crippen molar-refractivity contribution in [1.29, 1.82) is 0 Å². The number of fused-ring (bicyclic) bond motifs is 4. The molecule has 0 fully saturated rings. The van der Waals surface area contributed by atoms with Crippen molar-refractivity contribution in [2.75, 3.05) is 0 Å². The summed E-state index contributed by atoms with van der Waals surface area (Å²) < 4.78 is 81.9. The zero-order valence-electron chi connectivity index (χ0n) is 21.2. The van der Waals surface area contributed by atoms with E-state index in [9.17, 15) is 31.1 Å². The van der Waals surface area contributed by atoms with E-state index in [1.54, 1.807) is 0 Å². The van der Waals surface area contributed by atoms with Crippen LogP contribution in [0, 0.1) is 0 Å². The Morgan fingerprint density at radius 2 is 0.857 bits per heavy atom. The second-order valence-corrected chi connectivity index (χ2v) is 12.2. The van der Waals surface area contributed by atoms with Gasteiger partial charge in [0, 0.05) is 9.40 Å². The minimum absolute atomic E-state index is 0.0357. The molecule has 1 aromatic heterocycles. The second-order valence-electron chi connectivity index (χ2n) is 9.94. The van der Waals surface area contributed by atoms with E-state index in [0.717, 1.165) is 88.7 Å². The minimum Gasteiger partial charge on any atom is -0.265 e. The molecule has 9 heteroatoms. The van der Waals surface area contributed by atoms with Crippen molar-refractivity contribution >= 4 is 64.4 Å². The molecule has 42 heavy (non-hydrogen) atoms. The molecule has 0 aliphatic heterocycles. The molecular formula is C33H16F6OS2. The van der Waals surface area contributed by atoms with Crippen LogP contribution < -0.4 is 4.06 Å². The van der Waals surface area contributed by atoms with Gasteiger partial charge in [0.1, 0.15) is 0 Å². The van der Waals surface area contributed by atoms with Crippen LogP contribution in [0.3, 0.4) is 0 Å². The largest absolute Gasteiger partial charge is 0.416 e. The minimum atomic E-state index is -4.49. The van der Waals surface area contributed by atoms with E-state index in [4.69, 9.17) is 0 Å². The molecule has 0 aliphatic rings. The van der Waals surface area contributed by atoms with Crippen LogP contribution in [0.25, 0.3) is 64.0 Å². The van der Waals surface area contributed by atoms with Crippen molar-refractivity contribution in [3.05, 3.63) is 117 Å². The molecule has 208 valence electrons. The third-order valence-corrected chi connectivity index (χ3v) is 9.51. The fourth-order valence-electron chi connectivity index (χ4n) is 5.56. The quantitative estimate of drug-likeness (QED) is 0.141. The molecule has 0 unspecified atom stereocenters. The van der Waals surface area contributed by atoms with Crippen molar-refractivity contribution in [2.45, 2.75) is 12.4 Å². The Morgan fingerprint density at radius 3 is 1.21 bits per heavy atom. The molecule has 0 N–H and O–H groups in total. The van der Waals surface area contributed by atoms with E-state index in [0.29, 0.717) is 22.3 Å². The van der Waals surface area contributed by atoms with E-state index in [1.807, 2.05) is 48.5 Å².